The summed E-state index contributed by atoms with van der Waals surface area (Å²) in [6.07, 6.45) is 55.7. The molecule has 3 aliphatic heterocycles. The van der Waals surface area contributed by atoms with Gasteiger partial charge in [0.25, 0.3) is 0 Å². The zero-order valence-corrected chi connectivity index (χ0v) is 39.9. The second-order valence-electron chi connectivity index (χ2n) is 25.1. The van der Waals surface area contributed by atoms with Crippen LogP contribution in [-0.2, 0) is 4.74 Å². The Morgan fingerprint density at radius 2 is 1.14 bits per heavy atom. The Balaban J connectivity index is 0.782. The van der Waals surface area contributed by atoms with Gasteiger partial charge >= 0.3 is 0 Å². The predicted molar refractivity (Wildman–Crippen MR) is 257 cm³/mol. The molecular weight excluding hydrogens is 771 g/mol. The summed E-state index contributed by atoms with van der Waals surface area (Å²) in [5, 5.41) is 8.74. The fraction of sp³-hybridized carbons (Fsp3) is 0.930. The number of hydrogen-bond acceptors (Lipinski definition) is 6. The van der Waals surface area contributed by atoms with Crippen molar-refractivity contribution in [1.29, 1.82) is 0 Å². The van der Waals surface area contributed by atoms with Crippen LogP contribution in [0.25, 0.3) is 0 Å². The third kappa shape index (κ3) is 8.37. The van der Waals surface area contributed by atoms with E-state index in [1.54, 1.807) is 0 Å². The molecule has 0 spiro atoms. The largest absolute Gasteiger partial charge is 0.372 e. The number of nitrogens with two attached hydrogens (primary N) is 1. The fourth-order valence-corrected chi connectivity index (χ4v) is 19.6. The van der Waals surface area contributed by atoms with Crippen LogP contribution in [0.1, 0.15) is 199 Å². The highest BCUT2D eigenvalue weighted by atomic mass is 16.5. The smallest absolute Gasteiger partial charge is 0.116 e. The van der Waals surface area contributed by atoms with E-state index in [1.165, 1.54) is 199 Å². The van der Waals surface area contributed by atoms with Crippen molar-refractivity contribution in [2.75, 3.05) is 6.54 Å². The van der Waals surface area contributed by atoms with Gasteiger partial charge < -0.3 is 10.5 Å². The molecule has 0 amide bonds. The van der Waals surface area contributed by atoms with E-state index in [1.807, 2.05) is 0 Å². The molecule has 3 saturated heterocycles. The number of ether oxygens (including phenoxy) is 1. The van der Waals surface area contributed by atoms with Crippen LogP contribution in [0.2, 0.25) is 0 Å². The van der Waals surface area contributed by atoms with E-state index in [-0.39, 0.29) is 12.5 Å². The standard InChI is InChI=1S/C57H93N5O/c58-56(41-22-13-20-39(34-41)37-16-3-1-4-17-37)60-57(62-51-30-11-7-25-44(51)45-26-8-12-31-52(45)62)59-36-42-23-15-28-48-49-33-32-47-46-27-9-10-29-50(46)61(53(47)55(49)63-54(42)48)43-24-14-21-40(35-43)38-18-5-2-6-19-38/h7,9,25,27,37-57,59-60H,1-6,8,10-24,26,28-36,58H2. The van der Waals surface area contributed by atoms with Crippen LogP contribution in [-0.4, -0.2) is 71.2 Å². The molecular formula is C57H93N5O. The number of likely N-dealkylation sites (tertiary alicyclic amines) is 2. The zero-order chi connectivity index (χ0) is 41.9. The van der Waals surface area contributed by atoms with E-state index in [2.05, 4.69) is 44.7 Å². The molecule has 0 radical (unpaired) electrons. The van der Waals surface area contributed by atoms with Crippen LogP contribution >= 0.6 is 0 Å². The number of rotatable bonds is 10. The van der Waals surface area contributed by atoms with Crippen LogP contribution in [0, 0.1) is 71.0 Å². The van der Waals surface area contributed by atoms with E-state index in [0.29, 0.717) is 42.2 Å². The lowest BCUT2D eigenvalue weighted by atomic mass is 9.65. The van der Waals surface area contributed by atoms with Crippen molar-refractivity contribution in [2.45, 2.75) is 254 Å². The van der Waals surface area contributed by atoms with Gasteiger partial charge in [-0.3, -0.25) is 20.4 Å². The van der Waals surface area contributed by atoms with E-state index < -0.39 is 0 Å². The Bertz CT molecular complexity index is 1570. The summed E-state index contributed by atoms with van der Waals surface area (Å²) in [4.78, 5) is 6.31. The molecule has 10 fully saturated rings. The van der Waals surface area contributed by atoms with Crippen molar-refractivity contribution in [3.05, 3.63) is 24.3 Å². The summed E-state index contributed by atoms with van der Waals surface area (Å²) in [5.41, 5.74) is 7.52. The lowest BCUT2D eigenvalue weighted by Gasteiger charge is -2.48. The van der Waals surface area contributed by atoms with Gasteiger partial charge in [0, 0.05) is 36.8 Å². The van der Waals surface area contributed by atoms with Crippen molar-refractivity contribution >= 4 is 0 Å². The molecule has 4 N–H and O–H groups in total. The minimum Gasteiger partial charge on any atom is -0.372 e. The zero-order valence-electron chi connectivity index (χ0n) is 39.9. The summed E-state index contributed by atoms with van der Waals surface area (Å²) in [5.74, 6) is 9.70. The van der Waals surface area contributed by atoms with Gasteiger partial charge in [0.2, 0.25) is 0 Å². The van der Waals surface area contributed by atoms with Gasteiger partial charge in [0.1, 0.15) is 6.29 Å². The molecule has 0 aromatic rings. The molecule has 12 aliphatic rings. The summed E-state index contributed by atoms with van der Waals surface area (Å²) in [6, 6.07) is 3.54. The molecule has 19 unspecified atom stereocenters. The highest BCUT2D eigenvalue weighted by Crippen LogP contribution is 2.58. The first kappa shape index (κ1) is 43.5. The van der Waals surface area contributed by atoms with E-state index in [0.717, 1.165) is 77.8 Å². The Morgan fingerprint density at radius 3 is 1.94 bits per heavy atom. The van der Waals surface area contributed by atoms with Crippen molar-refractivity contribution in [3.63, 3.8) is 0 Å². The van der Waals surface area contributed by atoms with Gasteiger partial charge in [0.05, 0.1) is 18.4 Å². The second-order valence-corrected chi connectivity index (χ2v) is 25.1. The first-order valence-corrected chi connectivity index (χ1v) is 29.0. The van der Waals surface area contributed by atoms with Gasteiger partial charge in [-0.05, 0) is 161 Å². The quantitative estimate of drug-likeness (QED) is 0.150. The molecule has 6 nitrogen and oxygen atoms in total. The van der Waals surface area contributed by atoms with Crippen LogP contribution < -0.4 is 16.4 Å². The van der Waals surface area contributed by atoms with Gasteiger partial charge in [-0.2, -0.15) is 0 Å². The SMILES string of the molecule is NC(NC(NCC1CCCC2C3CCC4C5C=CCCC5N(C5CCCC(C6CCCCC6)C5)C4C3OC12)N1C2CCC=CC2C2CCCCC21)C1CCCC(C2CCCCC2)C1. The van der Waals surface area contributed by atoms with Gasteiger partial charge in [-0.25, -0.2) is 0 Å². The highest BCUT2D eigenvalue weighted by molar-refractivity contribution is 5.19. The van der Waals surface area contributed by atoms with Crippen molar-refractivity contribution in [2.24, 2.45) is 76.7 Å². The monoisotopic (exact) mass is 864 g/mol. The lowest BCUT2D eigenvalue weighted by Crippen LogP contribution is -2.65. The first-order valence-electron chi connectivity index (χ1n) is 29.0. The maximum atomic E-state index is 7.87. The Kier molecular flexibility index (Phi) is 13.3. The minimum atomic E-state index is 0.0687. The number of hydrogen-bond donors (Lipinski definition) is 3. The molecule has 9 aliphatic carbocycles. The summed E-state index contributed by atoms with van der Waals surface area (Å²) in [7, 11) is 0. The lowest BCUT2D eigenvalue weighted by molar-refractivity contribution is -0.0815. The molecule has 63 heavy (non-hydrogen) atoms. The summed E-state index contributed by atoms with van der Waals surface area (Å²) in [6.45, 7) is 1.08. The molecule has 0 bridgehead atoms. The normalized spacial score (nSPS) is 48.1. The molecule has 0 aromatic carbocycles. The number of nitrogens with zero attached hydrogens (tertiary/aromatic N) is 2. The Morgan fingerprint density at radius 1 is 0.524 bits per heavy atom. The van der Waals surface area contributed by atoms with E-state index in [9.17, 15) is 0 Å². The van der Waals surface area contributed by atoms with Gasteiger partial charge in [-0.1, -0.05) is 133 Å². The molecule has 3 heterocycles. The van der Waals surface area contributed by atoms with Crippen molar-refractivity contribution in [3.8, 4) is 0 Å². The molecule has 6 heteroatoms. The van der Waals surface area contributed by atoms with Crippen molar-refractivity contribution < 1.29 is 4.74 Å². The third-order valence-corrected chi connectivity index (χ3v) is 22.2. The van der Waals surface area contributed by atoms with Gasteiger partial charge in [0.15, 0.2) is 0 Å². The number of nitrogens with one attached hydrogen (secondary N) is 2. The van der Waals surface area contributed by atoms with Crippen LogP contribution in [0.15, 0.2) is 24.3 Å². The number of allylic oxidation sites excluding steroid dienone is 2. The maximum Gasteiger partial charge on any atom is 0.116 e. The molecule has 0 aromatic heterocycles. The topological polar surface area (TPSA) is 65.8 Å². The fourth-order valence-electron chi connectivity index (χ4n) is 19.6. The molecule has 12 rings (SSSR count). The van der Waals surface area contributed by atoms with Crippen molar-refractivity contribution in [1.82, 2.24) is 20.4 Å². The first-order chi connectivity index (χ1) is 31.2. The average molecular weight is 864 g/mol. The van der Waals surface area contributed by atoms with Crippen LogP contribution in [0.4, 0.5) is 0 Å². The molecule has 7 saturated carbocycles. The third-order valence-electron chi connectivity index (χ3n) is 22.2. The maximum absolute atomic E-state index is 7.87. The Labute approximate surface area is 385 Å². The van der Waals surface area contributed by atoms with Gasteiger partial charge in [-0.15, -0.1) is 0 Å². The van der Waals surface area contributed by atoms with E-state index in [4.69, 9.17) is 10.5 Å². The summed E-state index contributed by atoms with van der Waals surface area (Å²) < 4.78 is 7.87. The molecule has 19 atom stereocenters. The molecule has 352 valence electrons. The Hall–Kier alpha value is -0.760. The van der Waals surface area contributed by atoms with Crippen LogP contribution in [0.3, 0.4) is 0 Å². The number of fused-ring (bicyclic) bond motifs is 10. The average Bonchev–Trinajstić information content (AvgIpc) is 4.02. The van der Waals surface area contributed by atoms with Crippen LogP contribution in [0.5, 0.6) is 0 Å². The highest BCUT2D eigenvalue weighted by Gasteiger charge is 2.62. The second kappa shape index (κ2) is 19.3. The predicted octanol–water partition coefficient (Wildman–Crippen LogP) is 11.7. The van der Waals surface area contributed by atoms with E-state index >= 15 is 0 Å². The minimum absolute atomic E-state index is 0.0687. The summed E-state index contributed by atoms with van der Waals surface area (Å²) >= 11 is 0.